The molecule has 0 bridgehead atoms. The third-order valence-electron chi connectivity index (χ3n) is 5.67. The van der Waals surface area contributed by atoms with Gasteiger partial charge in [-0.1, -0.05) is 19.1 Å². The molecule has 0 aliphatic rings. The highest BCUT2D eigenvalue weighted by Crippen LogP contribution is 2.27. The molecule has 0 saturated heterocycles. The summed E-state index contributed by atoms with van der Waals surface area (Å²) in [5, 5.41) is 2.49. The number of hydrogen-bond donors (Lipinski definition) is 1. The van der Waals surface area contributed by atoms with E-state index in [1.165, 1.54) is 13.1 Å². The number of aryl methyl sites for hydroxylation is 3. The molecule has 36 heavy (non-hydrogen) atoms. The lowest BCUT2D eigenvalue weighted by Crippen LogP contribution is -2.27. The monoisotopic (exact) mass is 508 g/mol. The zero-order chi connectivity index (χ0) is 25.9. The molecule has 0 aliphatic heterocycles. The van der Waals surface area contributed by atoms with Crippen LogP contribution in [0, 0.1) is 20.8 Å². The molecule has 0 atom stereocenters. The Balaban J connectivity index is 1.81. The van der Waals surface area contributed by atoms with E-state index in [1.54, 1.807) is 12.3 Å². The van der Waals surface area contributed by atoms with Gasteiger partial charge in [0.15, 0.2) is 5.69 Å². The Morgan fingerprint density at radius 2 is 1.83 bits per heavy atom. The van der Waals surface area contributed by atoms with Crippen molar-refractivity contribution in [3.8, 4) is 0 Å². The normalized spacial score (nSPS) is 11.4. The lowest BCUT2D eigenvalue weighted by Gasteiger charge is -2.24. The van der Waals surface area contributed by atoms with Gasteiger partial charge in [0.05, 0.1) is 37.0 Å². The predicted molar refractivity (Wildman–Crippen MR) is 136 cm³/mol. The highest BCUT2D eigenvalue weighted by Gasteiger charge is 2.26. The van der Waals surface area contributed by atoms with Crippen molar-refractivity contribution in [1.29, 1.82) is 0 Å². The van der Waals surface area contributed by atoms with Gasteiger partial charge in [-0.15, -0.1) is 0 Å². The van der Waals surface area contributed by atoms with E-state index in [1.807, 2.05) is 62.1 Å². The molecule has 188 valence electrons. The van der Waals surface area contributed by atoms with E-state index in [0.717, 1.165) is 16.9 Å². The summed E-state index contributed by atoms with van der Waals surface area (Å²) in [6, 6.07) is 13.0. The van der Waals surface area contributed by atoms with Gasteiger partial charge in [-0.25, -0.2) is 18.4 Å². The van der Waals surface area contributed by atoms with E-state index in [4.69, 9.17) is 8.83 Å². The number of aromatic nitrogens is 2. The quantitative estimate of drug-likeness (QED) is 0.319. The first-order valence-corrected chi connectivity index (χ1v) is 13.1. The van der Waals surface area contributed by atoms with E-state index >= 15 is 0 Å². The molecule has 1 N–H and O–H groups in total. The molecule has 1 amide bonds. The van der Waals surface area contributed by atoms with E-state index in [0.29, 0.717) is 22.9 Å². The number of nitrogens with one attached hydrogen (secondary N) is 1. The van der Waals surface area contributed by atoms with Crippen LogP contribution in [-0.2, 0) is 22.9 Å². The van der Waals surface area contributed by atoms with Crippen molar-refractivity contribution < 1.29 is 22.0 Å². The van der Waals surface area contributed by atoms with Gasteiger partial charge in [0.1, 0.15) is 17.3 Å². The van der Waals surface area contributed by atoms with Crippen LogP contribution in [0.2, 0.25) is 0 Å². The maximum Gasteiger partial charge on any atom is 0.276 e. The molecule has 0 saturated carbocycles. The summed E-state index contributed by atoms with van der Waals surface area (Å²) in [4.78, 5) is 23.7. The van der Waals surface area contributed by atoms with Gasteiger partial charge >= 0.3 is 0 Å². The first-order valence-electron chi connectivity index (χ1n) is 11.5. The molecule has 1 aromatic carbocycles. The maximum absolute atomic E-state index is 13.6. The van der Waals surface area contributed by atoms with Crippen molar-refractivity contribution in [3.05, 3.63) is 89.0 Å². The molecule has 9 nitrogen and oxygen atoms in total. The summed E-state index contributed by atoms with van der Waals surface area (Å²) in [6.07, 6.45) is 2.93. The number of hydrogen-bond acceptors (Lipinski definition) is 8. The Morgan fingerprint density at radius 3 is 2.50 bits per heavy atom. The fraction of sp³-hybridized carbons (Fsp3) is 0.269. The highest BCUT2D eigenvalue weighted by molar-refractivity contribution is 7.91. The third kappa shape index (κ3) is 5.65. The Morgan fingerprint density at radius 1 is 1.06 bits per heavy atom. The second kappa shape index (κ2) is 10.4. The second-order valence-electron chi connectivity index (χ2n) is 8.51. The fourth-order valence-corrected chi connectivity index (χ4v) is 4.37. The number of amides is 1. The lowest BCUT2D eigenvalue weighted by atomic mass is 10.1. The van der Waals surface area contributed by atoms with Crippen molar-refractivity contribution in [2.24, 2.45) is 0 Å². The number of sulfone groups is 1. The third-order valence-corrected chi connectivity index (χ3v) is 7.19. The summed E-state index contributed by atoms with van der Waals surface area (Å²) in [6.45, 7) is 7.71. The van der Waals surface area contributed by atoms with Crippen LogP contribution in [0.25, 0.3) is 0 Å². The molecular weight excluding hydrogens is 480 g/mol. The maximum atomic E-state index is 13.6. The van der Waals surface area contributed by atoms with Gasteiger partial charge in [-0.3, -0.25) is 4.79 Å². The molecule has 0 radical (unpaired) electrons. The van der Waals surface area contributed by atoms with Crippen molar-refractivity contribution in [2.75, 3.05) is 16.0 Å². The standard InChI is InChI=1S/C26H28N4O5S/c1-5-36(32,33)26-27-14-23(24(29-26)25(31)28-22-13-17(2)8-9-18(22)3)30(15-20-7-6-12-34-20)16-21-11-10-19(4)35-21/h6-14H,5,15-16H2,1-4H3,(H,28,31). The van der Waals surface area contributed by atoms with Crippen LogP contribution in [0.1, 0.15) is 45.8 Å². The van der Waals surface area contributed by atoms with Gasteiger partial charge in [0, 0.05) is 5.69 Å². The summed E-state index contributed by atoms with van der Waals surface area (Å²) < 4.78 is 36.4. The number of anilines is 2. The van der Waals surface area contributed by atoms with E-state index in [9.17, 15) is 13.2 Å². The van der Waals surface area contributed by atoms with Crippen molar-refractivity contribution in [3.63, 3.8) is 0 Å². The molecule has 4 aromatic rings. The van der Waals surface area contributed by atoms with Crippen LogP contribution >= 0.6 is 0 Å². The van der Waals surface area contributed by atoms with Crippen LogP contribution in [0.3, 0.4) is 0 Å². The van der Waals surface area contributed by atoms with E-state index in [-0.39, 0.29) is 24.5 Å². The van der Waals surface area contributed by atoms with Crippen LogP contribution < -0.4 is 10.2 Å². The molecule has 0 fully saturated rings. The minimum Gasteiger partial charge on any atom is -0.467 e. The van der Waals surface area contributed by atoms with Gasteiger partial charge in [-0.2, -0.15) is 0 Å². The van der Waals surface area contributed by atoms with Crippen LogP contribution in [0.5, 0.6) is 0 Å². The number of furan rings is 2. The average Bonchev–Trinajstić information content (AvgIpc) is 3.52. The number of carbonyl (C=O) groups is 1. The molecule has 0 spiro atoms. The van der Waals surface area contributed by atoms with Gasteiger partial charge in [0.2, 0.25) is 15.0 Å². The SMILES string of the molecule is CCS(=O)(=O)c1ncc(N(Cc2ccco2)Cc2ccc(C)o2)c(C(=O)Nc2cc(C)ccc2C)n1. The Kier molecular flexibility index (Phi) is 7.25. The molecule has 10 heteroatoms. The first kappa shape index (κ1) is 25.2. The van der Waals surface area contributed by atoms with Crippen molar-refractivity contribution in [2.45, 2.75) is 45.9 Å². The largest absolute Gasteiger partial charge is 0.467 e. The molecule has 3 aromatic heterocycles. The van der Waals surface area contributed by atoms with Crippen LogP contribution in [0.4, 0.5) is 11.4 Å². The summed E-state index contributed by atoms with van der Waals surface area (Å²) in [7, 11) is -3.75. The zero-order valence-electron chi connectivity index (χ0n) is 20.6. The lowest BCUT2D eigenvalue weighted by molar-refractivity contribution is 0.102. The minimum absolute atomic E-state index is 0.0623. The second-order valence-corrected chi connectivity index (χ2v) is 10.7. The van der Waals surface area contributed by atoms with Gasteiger partial charge in [0.25, 0.3) is 5.91 Å². The van der Waals surface area contributed by atoms with Crippen molar-refractivity contribution >= 4 is 27.1 Å². The number of benzene rings is 1. The first-order chi connectivity index (χ1) is 17.2. The van der Waals surface area contributed by atoms with Gasteiger partial charge in [-0.05, 0) is 62.2 Å². The summed E-state index contributed by atoms with van der Waals surface area (Å²) in [5.74, 6) is 1.31. The number of rotatable bonds is 9. The molecular formula is C26H28N4O5S. The topological polar surface area (TPSA) is 119 Å². The molecule has 4 rings (SSSR count). The smallest absolute Gasteiger partial charge is 0.276 e. The number of nitrogens with zero attached hydrogens (tertiary/aromatic N) is 3. The van der Waals surface area contributed by atoms with E-state index in [2.05, 4.69) is 15.3 Å². The zero-order valence-corrected chi connectivity index (χ0v) is 21.4. The molecule has 3 heterocycles. The summed E-state index contributed by atoms with van der Waals surface area (Å²) in [5.41, 5.74) is 2.74. The Bertz CT molecular complexity index is 1480. The highest BCUT2D eigenvalue weighted by atomic mass is 32.2. The Labute approximate surface area is 210 Å². The molecule has 0 unspecified atom stereocenters. The molecule has 0 aliphatic carbocycles. The fourth-order valence-electron chi connectivity index (χ4n) is 3.66. The van der Waals surface area contributed by atoms with Gasteiger partial charge < -0.3 is 19.1 Å². The van der Waals surface area contributed by atoms with Crippen molar-refractivity contribution in [1.82, 2.24) is 9.97 Å². The van der Waals surface area contributed by atoms with Crippen LogP contribution in [0.15, 0.2) is 68.9 Å². The average molecular weight is 509 g/mol. The summed E-state index contributed by atoms with van der Waals surface area (Å²) >= 11 is 0. The minimum atomic E-state index is -3.75. The van der Waals surface area contributed by atoms with E-state index < -0.39 is 20.9 Å². The Hall–Kier alpha value is -3.92. The number of carbonyl (C=O) groups excluding carboxylic acids is 1. The predicted octanol–water partition coefficient (Wildman–Crippen LogP) is 4.84. The van der Waals surface area contributed by atoms with Crippen LogP contribution in [-0.4, -0.2) is 30.0 Å².